The van der Waals surface area contributed by atoms with E-state index < -0.39 is 97.5 Å². The standard InChI is InChI=1S/C75H146O17P2/c1-8-9-10-11-12-27-34-42-49-56-72(77)85-63-71(92-75(80)59-52-45-38-37-41-48-55-68(6)7)65-90-94(83,84)88-61-69(76)60-87-93(81,82)89-64-70(91-74(79)58-51-44-36-31-26-22-18-14-16-20-24-29-33-40-47-54-67(4)5)62-86-73(78)57-50-43-35-30-25-21-17-13-15-19-23-28-32-39-46-53-66(2)3/h66-71,76H,8-65H2,1-7H3,(H,81,82)(H,83,84)/t69-,70-,71-/m1/s1. The van der Waals surface area contributed by atoms with Gasteiger partial charge in [0.25, 0.3) is 0 Å². The highest BCUT2D eigenvalue weighted by Gasteiger charge is 2.30. The normalized spacial score (nSPS) is 14.1. The fourth-order valence-electron chi connectivity index (χ4n) is 11.4. The van der Waals surface area contributed by atoms with Crippen LogP contribution >= 0.6 is 15.6 Å². The third-order valence-corrected chi connectivity index (χ3v) is 19.3. The van der Waals surface area contributed by atoms with Crippen molar-refractivity contribution in [2.45, 2.75) is 401 Å². The maximum Gasteiger partial charge on any atom is 0.472 e. The van der Waals surface area contributed by atoms with Crippen LogP contribution in [0.1, 0.15) is 382 Å². The van der Waals surface area contributed by atoms with Gasteiger partial charge in [0.2, 0.25) is 0 Å². The van der Waals surface area contributed by atoms with Gasteiger partial charge in [-0.1, -0.05) is 331 Å². The molecule has 0 aromatic carbocycles. The number of unbranched alkanes of at least 4 members (excludes halogenated alkanes) is 41. The molecule has 558 valence electrons. The molecule has 2 unspecified atom stereocenters. The van der Waals surface area contributed by atoms with Crippen molar-refractivity contribution in [3.63, 3.8) is 0 Å². The second-order valence-electron chi connectivity index (χ2n) is 28.5. The fourth-order valence-corrected chi connectivity index (χ4v) is 13.0. The van der Waals surface area contributed by atoms with Crippen molar-refractivity contribution >= 4 is 39.5 Å². The van der Waals surface area contributed by atoms with Crippen LogP contribution in [0.15, 0.2) is 0 Å². The molecule has 0 radical (unpaired) electrons. The van der Waals surface area contributed by atoms with Gasteiger partial charge in [0, 0.05) is 25.7 Å². The number of hydrogen-bond acceptors (Lipinski definition) is 15. The highest BCUT2D eigenvalue weighted by molar-refractivity contribution is 7.47. The van der Waals surface area contributed by atoms with Crippen molar-refractivity contribution in [3.05, 3.63) is 0 Å². The van der Waals surface area contributed by atoms with Gasteiger partial charge in [-0.05, 0) is 43.4 Å². The molecular weight excluding hydrogens is 1230 g/mol. The minimum Gasteiger partial charge on any atom is -0.462 e. The largest absolute Gasteiger partial charge is 0.472 e. The number of phosphoric ester groups is 2. The van der Waals surface area contributed by atoms with E-state index in [0.717, 1.165) is 102 Å². The summed E-state index contributed by atoms with van der Waals surface area (Å²) in [6, 6.07) is 0. The topological polar surface area (TPSA) is 237 Å². The van der Waals surface area contributed by atoms with Gasteiger partial charge >= 0.3 is 39.5 Å². The number of phosphoric acid groups is 2. The lowest BCUT2D eigenvalue weighted by Crippen LogP contribution is -2.30. The summed E-state index contributed by atoms with van der Waals surface area (Å²) in [5.74, 6) is 0.154. The molecule has 17 nitrogen and oxygen atoms in total. The smallest absolute Gasteiger partial charge is 0.462 e. The van der Waals surface area contributed by atoms with E-state index in [1.807, 2.05) is 0 Å². The third-order valence-electron chi connectivity index (χ3n) is 17.4. The van der Waals surface area contributed by atoms with E-state index in [4.69, 9.17) is 37.0 Å². The summed E-state index contributed by atoms with van der Waals surface area (Å²) >= 11 is 0. The molecule has 94 heavy (non-hydrogen) atoms. The molecule has 0 fully saturated rings. The summed E-state index contributed by atoms with van der Waals surface area (Å²) in [4.78, 5) is 72.6. The monoisotopic (exact) mass is 1380 g/mol. The zero-order chi connectivity index (χ0) is 69.4. The summed E-state index contributed by atoms with van der Waals surface area (Å²) in [6.07, 6.45) is 51.6. The van der Waals surface area contributed by atoms with Crippen LogP contribution in [-0.2, 0) is 65.4 Å². The first-order valence-corrected chi connectivity index (χ1v) is 41.8. The molecule has 0 aliphatic rings. The van der Waals surface area contributed by atoms with Crippen LogP contribution in [0.4, 0.5) is 0 Å². The van der Waals surface area contributed by atoms with Gasteiger partial charge in [-0.25, -0.2) is 9.13 Å². The zero-order valence-corrected chi connectivity index (χ0v) is 63.2. The lowest BCUT2D eigenvalue weighted by molar-refractivity contribution is -0.161. The number of hydrogen-bond donors (Lipinski definition) is 3. The van der Waals surface area contributed by atoms with Gasteiger partial charge < -0.3 is 33.8 Å². The molecule has 0 amide bonds. The summed E-state index contributed by atoms with van der Waals surface area (Å²) in [7, 11) is -9.90. The molecule has 0 aromatic heterocycles. The van der Waals surface area contributed by atoms with E-state index in [-0.39, 0.29) is 25.7 Å². The average molecular weight is 1380 g/mol. The first-order chi connectivity index (χ1) is 45.2. The number of carbonyl (C=O) groups excluding carboxylic acids is 4. The van der Waals surface area contributed by atoms with E-state index in [1.54, 1.807) is 0 Å². The number of carbonyl (C=O) groups is 4. The van der Waals surface area contributed by atoms with E-state index in [0.29, 0.717) is 31.6 Å². The quantitative estimate of drug-likeness (QED) is 0.0222. The van der Waals surface area contributed by atoms with E-state index in [1.165, 1.54) is 193 Å². The predicted molar refractivity (Wildman–Crippen MR) is 381 cm³/mol. The van der Waals surface area contributed by atoms with Crippen molar-refractivity contribution in [1.82, 2.24) is 0 Å². The molecule has 19 heteroatoms. The van der Waals surface area contributed by atoms with Crippen LogP contribution in [0.2, 0.25) is 0 Å². The third kappa shape index (κ3) is 68.6. The molecular formula is C75H146O17P2. The maximum atomic E-state index is 13.1. The van der Waals surface area contributed by atoms with Crippen molar-refractivity contribution in [2.75, 3.05) is 39.6 Å². The van der Waals surface area contributed by atoms with Crippen LogP contribution in [-0.4, -0.2) is 96.7 Å². The van der Waals surface area contributed by atoms with Gasteiger partial charge in [-0.3, -0.25) is 37.3 Å². The van der Waals surface area contributed by atoms with E-state index >= 15 is 0 Å². The SMILES string of the molecule is CCCCCCCCCCCC(=O)OC[C@H](COP(=O)(O)OC[C@H](O)COP(=O)(O)OC[C@@H](COC(=O)CCCCCCCCCCCCCCCCCC(C)C)OC(=O)CCCCCCCCCCCCCCCCCC(C)C)OC(=O)CCCCCCCCC(C)C. The Balaban J connectivity index is 5.19. The lowest BCUT2D eigenvalue weighted by atomic mass is 10.0. The molecule has 0 rings (SSSR count). The second-order valence-corrected chi connectivity index (χ2v) is 31.4. The lowest BCUT2D eigenvalue weighted by Gasteiger charge is -2.21. The highest BCUT2D eigenvalue weighted by Crippen LogP contribution is 2.45. The molecule has 0 aromatic rings. The first-order valence-electron chi connectivity index (χ1n) is 38.8. The minimum absolute atomic E-state index is 0.102. The van der Waals surface area contributed by atoms with Crippen LogP contribution < -0.4 is 0 Å². The maximum absolute atomic E-state index is 13.1. The summed E-state index contributed by atoms with van der Waals surface area (Å²) in [5.41, 5.74) is 0. The van der Waals surface area contributed by atoms with Gasteiger partial charge in [0.05, 0.1) is 26.4 Å². The van der Waals surface area contributed by atoms with Crippen LogP contribution in [0.5, 0.6) is 0 Å². The summed E-state index contributed by atoms with van der Waals surface area (Å²) < 4.78 is 68.4. The Morgan fingerprint density at radius 2 is 0.489 bits per heavy atom. The zero-order valence-electron chi connectivity index (χ0n) is 61.4. The molecule has 0 saturated carbocycles. The van der Waals surface area contributed by atoms with Crippen molar-refractivity contribution in [1.29, 1.82) is 0 Å². The predicted octanol–water partition coefficient (Wildman–Crippen LogP) is 21.8. The van der Waals surface area contributed by atoms with Crippen molar-refractivity contribution < 1.29 is 80.2 Å². The molecule has 3 N–H and O–H groups in total. The molecule has 0 aliphatic carbocycles. The molecule has 0 spiro atoms. The molecule has 0 heterocycles. The van der Waals surface area contributed by atoms with E-state index in [2.05, 4.69) is 48.5 Å². The minimum atomic E-state index is -4.96. The first kappa shape index (κ1) is 92.1. The number of rotatable bonds is 73. The van der Waals surface area contributed by atoms with Gasteiger partial charge in [-0.15, -0.1) is 0 Å². The van der Waals surface area contributed by atoms with Crippen LogP contribution in [0, 0.1) is 17.8 Å². The second kappa shape index (κ2) is 65.7. The molecule has 5 atom stereocenters. The molecule has 0 saturated heterocycles. The van der Waals surface area contributed by atoms with Crippen LogP contribution in [0.3, 0.4) is 0 Å². The summed E-state index contributed by atoms with van der Waals surface area (Å²) in [6.45, 7) is 11.8. The number of ether oxygens (including phenoxy) is 4. The molecule has 0 bridgehead atoms. The van der Waals surface area contributed by atoms with Crippen molar-refractivity contribution in [2.24, 2.45) is 17.8 Å². The number of aliphatic hydroxyl groups is 1. The highest BCUT2D eigenvalue weighted by atomic mass is 31.2. The Hall–Kier alpha value is -1.94. The Morgan fingerprint density at radius 3 is 0.723 bits per heavy atom. The van der Waals surface area contributed by atoms with Crippen molar-refractivity contribution in [3.8, 4) is 0 Å². The summed E-state index contributed by atoms with van der Waals surface area (Å²) in [5, 5.41) is 10.6. The Labute approximate surface area is 575 Å². The Morgan fingerprint density at radius 1 is 0.287 bits per heavy atom. The Kier molecular flexibility index (Phi) is 64.3. The van der Waals surface area contributed by atoms with E-state index in [9.17, 15) is 43.2 Å². The van der Waals surface area contributed by atoms with Crippen LogP contribution in [0.25, 0.3) is 0 Å². The number of esters is 4. The fraction of sp³-hybridized carbons (Fsp3) is 0.947. The molecule has 0 aliphatic heterocycles. The average Bonchev–Trinajstić information content (AvgIpc) is 1.54. The Bertz CT molecular complexity index is 1840. The van der Waals surface area contributed by atoms with Gasteiger partial charge in [-0.2, -0.15) is 0 Å². The number of aliphatic hydroxyl groups excluding tert-OH is 1. The van der Waals surface area contributed by atoms with Gasteiger partial charge in [0.15, 0.2) is 12.2 Å². The van der Waals surface area contributed by atoms with Gasteiger partial charge in [0.1, 0.15) is 19.3 Å².